The van der Waals surface area contributed by atoms with Crippen LogP contribution >= 0.6 is 11.3 Å². The second kappa shape index (κ2) is 12.4. The quantitative estimate of drug-likeness (QED) is 0.171. The largest absolute Gasteiger partial charge is 0.438 e. The fourth-order valence-electron chi connectivity index (χ4n) is 8.13. The van der Waals surface area contributed by atoms with Gasteiger partial charge in [-0.3, -0.25) is 4.57 Å². The van der Waals surface area contributed by atoms with Gasteiger partial charge in [0.25, 0.3) is 0 Å². The predicted octanol–water partition coefficient (Wildman–Crippen LogP) is 14.7. The number of benzene rings is 8. The fourth-order valence-corrected chi connectivity index (χ4v) is 9.34. The van der Waals surface area contributed by atoms with Gasteiger partial charge in [-0.05, 0) is 71.3 Å². The summed E-state index contributed by atoms with van der Waals surface area (Å²) in [5.41, 5.74) is 11.9. The summed E-state index contributed by atoms with van der Waals surface area (Å²) in [5, 5.41) is 6.02. The zero-order chi connectivity index (χ0) is 35.6. The van der Waals surface area contributed by atoms with Crippen molar-refractivity contribution in [3.05, 3.63) is 194 Å². The number of nitrogens with zero attached hydrogens (tertiary/aromatic N) is 2. The van der Waals surface area contributed by atoms with E-state index in [-0.39, 0.29) is 0 Å². The fraction of sp³-hybridized carbons (Fsp3) is 0. The van der Waals surface area contributed by atoms with Gasteiger partial charge in [0.15, 0.2) is 0 Å². The van der Waals surface area contributed by atoms with Crippen LogP contribution < -0.4 is 4.90 Å². The Morgan fingerprint density at radius 2 is 1.04 bits per heavy atom. The van der Waals surface area contributed by atoms with Crippen molar-refractivity contribution in [2.24, 2.45) is 0 Å². The molecule has 3 aromatic heterocycles. The van der Waals surface area contributed by atoms with Crippen molar-refractivity contribution in [2.75, 3.05) is 4.90 Å². The van der Waals surface area contributed by atoms with Crippen LogP contribution in [0.5, 0.6) is 0 Å². The lowest BCUT2D eigenvalue weighted by molar-refractivity contribution is 0.646. The second-order valence-electron chi connectivity index (χ2n) is 13.7. The highest BCUT2D eigenvalue weighted by Crippen LogP contribution is 2.46. The van der Waals surface area contributed by atoms with Crippen LogP contribution in [0.15, 0.2) is 199 Å². The average Bonchev–Trinajstić information content (AvgIpc) is 3.92. The van der Waals surface area contributed by atoms with Gasteiger partial charge in [0.05, 0.1) is 21.3 Å². The van der Waals surface area contributed by atoms with Crippen LogP contribution in [0.4, 0.5) is 17.1 Å². The van der Waals surface area contributed by atoms with Crippen LogP contribution in [0, 0.1) is 0 Å². The minimum Gasteiger partial charge on any atom is -0.438 e. The highest BCUT2D eigenvalue weighted by molar-refractivity contribution is 7.26. The topological polar surface area (TPSA) is 21.3 Å². The molecule has 0 aliphatic carbocycles. The van der Waals surface area contributed by atoms with E-state index in [2.05, 4.69) is 204 Å². The van der Waals surface area contributed by atoms with Crippen LogP contribution in [-0.2, 0) is 0 Å². The third-order valence-electron chi connectivity index (χ3n) is 10.6. The van der Waals surface area contributed by atoms with Crippen LogP contribution in [0.25, 0.3) is 81.1 Å². The molecule has 0 radical (unpaired) electrons. The van der Waals surface area contributed by atoms with Gasteiger partial charge in [0.1, 0.15) is 5.58 Å². The molecule has 0 fully saturated rings. The molecule has 0 atom stereocenters. The lowest BCUT2D eigenvalue weighted by Gasteiger charge is -2.26. The molecule has 0 N–H and O–H groups in total. The Labute approximate surface area is 316 Å². The van der Waals surface area contributed by atoms with Crippen molar-refractivity contribution in [1.29, 1.82) is 0 Å². The molecule has 54 heavy (non-hydrogen) atoms. The number of aromatic nitrogens is 1. The van der Waals surface area contributed by atoms with Gasteiger partial charge in [-0.25, -0.2) is 0 Å². The van der Waals surface area contributed by atoms with E-state index in [1.807, 2.05) is 11.3 Å². The van der Waals surface area contributed by atoms with E-state index >= 15 is 0 Å². The number of hydrogen-bond acceptors (Lipinski definition) is 3. The van der Waals surface area contributed by atoms with Crippen molar-refractivity contribution in [2.45, 2.75) is 0 Å². The molecule has 0 bridgehead atoms. The Morgan fingerprint density at radius 3 is 1.81 bits per heavy atom. The maximum absolute atomic E-state index is 6.90. The molecule has 3 nitrogen and oxygen atoms in total. The Hall–Kier alpha value is -6.88. The van der Waals surface area contributed by atoms with Crippen LogP contribution in [0.1, 0.15) is 0 Å². The predicted molar refractivity (Wildman–Crippen MR) is 229 cm³/mol. The van der Waals surface area contributed by atoms with E-state index in [9.17, 15) is 0 Å². The van der Waals surface area contributed by atoms with E-state index in [0.717, 1.165) is 61.5 Å². The second-order valence-corrected chi connectivity index (χ2v) is 14.8. The first-order chi connectivity index (χ1) is 26.8. The number of furan rings is 1. The Bertz CT molecular complexity index is 3140. The van der Waals surface area contributed by atoms with Crippen molar-refractivity contribution in [1.82, 2.24) is 4.57 Å². The number of fused-ring (bicyclic) bond motifs is 8. The van der Waals surface area contributed by atoms with Gasteiger partial charge < -0.3 is 9.32 Å². The molecule has 0 spiro atoms. The number of rotatable bonds is 6. The third-order valence-corrected chi connectivity index (χ3v) is 11.8. The molecular formula is C50H32N2OS. The van der Waals surface area contributed by atoms with Crippen molar-refractivity contribution in [3.8, 4) is 27.9 Å². The lowest BCUT2D eigenvalue weighted by atomic mass is 10.0. The van der Waals surface area contributed by atoms with E-state index in [4.69, 9.17) is 4.42 Å². The summed E-state index contributed by atoms with van der Waals surface area (Å²) in [6, 6.07) is 69.4. The first-order valence-corrected chi connectivity index (χ1v) is 19.1. The van der Waals surface area contributed by atoms with Gasteiger partial charge in [-0.1, -0.05) is 140 Å². The summed E-state index contributed by atoms with van der Waals surface area (Å²) < 4.78 is 11.7. The number of anilines is 3. The number of thiophene rings is 1. The molecule has 0 saturated heterocycles. The van der Waals surface area contributed by atoms with Crippen molar-refractivity contribution >= 4 is 81.5 Å². The summed E-state index contributed by atoms with van der Waals surface area (Å²) in [7, 11) is 0. The molecular weight excluding hydrogens is 677 g/mol. The molecule has 0 saturated carbocycles. The van der Waals surface area contributed by atoms with E-state index in [1.54, 1.807) is 0 Å². The van der Waals surface area contributed by atoms with E-state index < -0.39 is 0 Å². The first kappa shape index (κ1) is 30.7. The number of hydrogen-bond donors (Lipinski definition) is 0. The summed E-state index contributed by atoms with van der Waals surface area (Å²) in [6.07, 6.45) is 0. The van der Waals surface area contributed by atoms with Gasteiger partial charge in [-0.15, -0.1) is 11.3 Å². The standard InChI is InChI=1S/C50H32N2OS/c1-3-13-33(14-4-1)34-25-29-37(30-26-34)51(45-23-12-20-41-40-17-8-10-24-46(40)54-49(41)45)38-31-27-35(28-32-38)39-19-11-21-43-47-42-18-7-9-22-44(42)52(50(47)53-48(39)43)36-15-5-2-6-16-36/h1-32H. The van der Waals surface area contributed by atoms with Crippen LogP contribution in [-0.4, -0.2) is 4.57 Å². The van der Waals surface area contributed by atoms with Gasteiger partial charge in [-0.2, -0.15) is 0 Å². The molecule has 254 valence electrons. The van der Waals surface area contributed by atoms with Gasteiger partial charge in [0.2, 0.25) is 5.71 Å². The van der Waals surface area contributed by atoms with Crippen molar-refractivity contribution in [3.63, 3.8) is 0 Å². The molecule has 3 heterocycles. The normalized spacial score (nSPS) is 11.7. The van der Waals surface area contributed by atoms with Gasteiger partial charge in [0, 0.05) is 48.9 Å². The average molecular weight is 709 g/mol. The summed E-state index contributed by atoms with van der Waals surface area (Å²) in [5.74, 6) is 0. The molecule has 0 aliphatic heterocycles. The third kappa shape index (κ3) is 4.81. The SMILES string of the molecule is c1ccc(-c2ccc(N(c3ccc(-c4cccc5c4oc4c5c5ccccc5n4-c4ccccc4)cc3)c3cccc4c3sc3ccccc34)cc2)cc1. The van der Waals surface area contributed by atoms with E-state index in [1.165, 1.54) is 36.7 Å². The Balaban J connectivity index is 1.06. The monoisotopic (exact) mass is 708 g/mol. The zero-order valence-corrected chi connectivity index (χ0v) is 30.0. The minimum atomic E-state index is 0.864. The Kier molecular flexibility index (Phi) is 7.04. The molecule has 0 unspecified atom stereocenters. The molecule has 4 heteroatoms. The lowest BCUT2D eigenvalue weighted by Crippen LogP contribution is -2.10. The van der Waals surface area contributed by atoms with Crippen LogP contribution in [0.2, 0.25) is 0 Å². The van der Waals surface area contributed by atoms with Gasteiger partial charge >= 0.3 is 0 Å². The first-order valence-electron chi connectivity index (χ1n) is 18.3. The molecule has 11 rings (SSSR count). The summed E-state index contributed by atoms with van der Waals surface area (Å²) in [6.45, 7) is 0. The van der Waals surface area contributed by atoms with Crippen molar-refractivity contribution < 1.29 is 4.42 Å². The maximum Gasteiger partial charge on any atom is 0.213 e. The molecule has 0 amide bonds. The molecule has 11 aromatic rings. The summed E-state index contributed by atoms with van der Waals surface area (Å²) in [4.78, 5) is 2.40. The van der Waals surface area contributed by atoms with Crippen LogP contribution in [0.3, 0.4) is 0 Å². The smallest absolute Gasteiger partial charge is 0.213 e. The zero-order valence-electron chi connectivity index (χ0n) is 29.2. The Morgan fingerprint density at radius 1 is 0.444 bits per heavy atom. The highest BCUT2D eigenvalue weighted by Gasteiger charge is 2.22. The maximum atomic E-state index is 6.90. The molecule has 8 aromatic carbocycles. The summed E-state index contributed by atoms with van der Waals surface area (Å²) >= 11 is 1.85. The number of para-hydroxylation sites is 3. The highest BCUT2D eigenvalue weighted by atomic mass is 32.1. The molecule has 0 aliphatic rings. The van der Waals surface area contributed by atoms with E-state index in [0.29, 0.717) is 0 Å². The minimum absolute atomic E-state index is 0.864.